The maximum Gasteiger partial charge on any atom is 0.410 e. The second-order valence-electron chi connectivity index (χ2n) is 8.71. The van der Waals surface area contributed by atoms with Gasteiger partial charge in [-0.3, -0.25) is 4.90 Å². The molecular formula is C24H30N2O4. The van der Waals surface area contributed by atoms with Gasteiger partial charge in [0, 0.05) is 26.2 Å². The molecule has 1 N–H and O–H groups in total. The van der Waals surface area contributed by atoms with Crippen LogP contribution in [0.15, 0.2) is 54.6 Å². The van der Waals surface area contributed by atoms with Crippen molar-refractivity contribution < 1.29 is 19.4 Å². The van der Waals surface area contributed by atoms with Gasteiger partial charge in [0.1, 0.15) is 5.60 Å². The van der Waals surface area contributed by atoms with E-state index in [0.29, 0.717) is 31.7 Å². The normalized spacial score (nSPS) is 17.6. The predicted molar refractivity (Wildman–Crippen MR) is 116 cm³/mol. The lowest BCUT2D eigenvalue weighted by Gasteiger charge is -2.42. The number of piperazine rings is 1. The predicted octanol–water partition coefficient (Wildman–Crippen LogP) is 4.05. The number of carboxylic acid groups (broad SMARTS) is 1. The van der Waals surface area contributed by atoms with Crippen LogP contribution in [0.1, 0.15) is 42.3 Å². The lowest BCUT2D eigenvalue weighted by molar-refractivity contribution is -0.00233. The average molecular weight is 411 g/mol. The van der Waals surface area contributed by atoms with Crippen LogP contribution in [0.5, 0.6) is 0 Å². The number of rotatable bonds is 5. The quantitative estimate of drug-likeness (QED) is 0.805. The van der Waals surface area contributed by atoms with Gasteiger partial charge in [-0.1, -0.05) is 48.5 Å². The Morgan fingerprint density at radius 2 is 1.70 bits per heavy atom. The van der Waals surface area contributed by atoms with Gasteiger partial charge < -0.3 is 14.7 Å². The molecule has 6 heteroatoms. The average Bonchev–Trinajstić information content (AvgIpc) is 2.68. The molecule has 0 bridgehead atoms. The van der Waals surface area contributed by atoms with Crippen LogP contribution in [0.4, 0.5) is 4.79 Å². The van der Waals surface area contributed by atoms with Crippen LogP contribution in [-0.4, -0.2) is 58.2 Å². The maximum absolute atomic E-state index is 12.8. The van der Waals surface area contributed by atoms with Crippen molar-refractivity contribution in [3.63, 3.8) is 0 Å². The number of carboxylic acids is 1. The highest BCUT2D eigenvalue weighted by Crippen LogP contribution is 2.21. The molecule has 2 aromatic rings. The minimum absolute atomic E-state index is 0.0482. The fourth-order valence-electron chi connectivity index (χ4n) is 3.79. The highest BCUT2D eigenvalue weighted by Gasteiger charge is 2.33. The Morgan fingerprint density at radius 1 is 1.03 bits per heavy atom. The first-order valence-corrected chi connectivity index (χ1v) is 10.3. The second-order valence-corrected chi connectivity index (χ2v) is 8.71. The van der Waals surface area contributed by atoms with Crippen LogP contribution in [0.25, 0.3) is 0 Å². The molecule has 0 aromatic heterocycles. The van der Waals surface area contributed by atoms with Crippen molar-refractivity contribution in [3.05, 3.63) is 71.3 Å². The van der Waals surface area contributed by atoms with Gasteiger partial charge in [-0.2, -0.15) is 0 Å². The summed E-state index contributed by atoms with van der Waals surface area (Å²) in [5.74, 6) is -0.918. The SMILES string of the molecule is CC(C)(C)OC(=O)N1CCN(Cc2ccccc2C(=O)O)C[C@@H]1Cc1ccccc1. The van der Waals surface area contributed by atoms with Crippen molar-refractivity contribution in [2.75, 3.05) is 19.6 Å². The van der Waals surface area contributed by atoms with Crippen molar-refractivity contribution >= 4 is 12.1 Å². The van der Waals surface area contributed by atoms with Gasteiger partial charge in [-0.05, 0) is 44.4 Å². The summed E-state index contributed by atoms with van der Waals surface area (Å²) < 4.78 is 5.64. The van der Waals surface area contributed by atoms with Gasteiger partial charge in [0.2, 0.25) is 0 Å². The van der Waals surface area contributed by atoms with Gasteiger partial charge in [0.15, 0.2) is 0 Å². The van der Waals surface area contributed by atoms with Crippen LogP contribution in [0.3, 0.4) is 0 Å². The molecule has 6 nitrogen and oxygen atoms in total. The van der Waals surface area contributed by atoms with Crippen LogP contribution < -0.4 is 0 Å². The molecule has 0 spiro atoms. The first-order valence-electron chi connectivity index (χ1n) is 10.3. The van der Waals surface area contributed by atoms with Gasteiger partial charge in [-0.25, -0.2) is 9.59 Å². The minimum atomic E-state index is -0.918. The molecular weight excluding hydrogens is 380 g/mol. The summed E-state index contributed by atoms with van der Waals surface area (Å²) in [4.78, 5) is 28.4. The third-order valence-corrected chi connectivity index (χ3v) is 5.15. The molecule has 1 aliphatic heterocycles. The topological polar surface area (TPSA) is 70.1 Å². The molecule has 1 atom stereocenters. The van der Waals surface area contributed by atoms with Gasteiger partial charge >= 0.3 is 12.1 Å². The number of carbonyl (C=O) groups excluding carboxylic acids is 1. The summed E-state index contributed by atoms with van der Waals surface area (Å²) in [6.07, 6.45) is 0.422. The van der Waals surface area contributed by atoms with Crippen molar-refractivity contribution in [2.24, 2.45) is 0 Å². The van der Waals surface area contributed by atoms with Crippen LogP contribution >= 0.6 is 0 Å². The summed E-state index contributed by atoms with van der Waals surface area (Å²) >= 11 is 0. The molecule has 2 aromatic carbocycles. The lowest BCUT2D eigenvalue weighted by atomic mass is 10.0. The zero-order valence-electron chi connectivity index (χ0n) is 17.9. The highest BCUT2D eigenvalue weighted by molar-refractivity contribution is 5.89. The van der Waals surface area contributed by atoms with Gasteiger partial charge in [0.25, 0.3) is 0 Å². The highest BCUT2D eigenvalue weighted by atomic mass is 16.6. The molecule has 1 heterocycles. The molecule has 1 fully saturated rings. The monoisotopic (exact) mass is 410 g/mol. The number of benzene rings is 2. The van der Waals surface area contributed by atoms with E-state index in [0.717, 1.165) is 17.5 Å². The fourth-order valence-corrected chi connectivity index (χ4v) is 3.79. The molecule has 0 unspecified atom stereocenters. The van der Waals surface area contributed by atoms with Crippen molar-refractivity contribution in [3.8, 4) is 0 Å². The van der Waals surface area contributed by atoms with E-state index in [9.17, 15) is 14.7 Å². The Kier molecular flexibility index (Phi) is 6.77. The minimum Gasteiger partial charge on any atom is -0.478 e. The number of aromatic carboxylic acids is 1. The fraction of sp³-hybridized carbons (Fsp3) is 0.417. The zero-order chi connectivity index (χ0) is 21.7. The second kappa shape index (κ2) is 9.30. The van der Waals surface area contributed by atoms with Gasteiger partial charge in [-0.15, -0.1) is 0 Å². The molecule has 30 heavy (non-hydrogen) atoms. The smallest absolute Gasteiger partial charge is 0.410 e. The van der Waals surface area contributed by atoms with Crippen LogP contribution in [-0.2, 0) is 17.7 Å². The number of carbonyl (C=O) groups is 2. The van der Waals surface area contributed by atoms with Crippen LogP contribution in [0.2, 0.25) is 0 Å². The summed E-state index contributed by atoms with van der Waals surface area (Å²) in [5.41, 5.74) is 1.72. The summed E-state index contributed by atoms with van der Waals surface area (Å²) in [6, 6.07) is 17.1. The van der Waals surface area contributed by atoms with E-state index in [-0.39, 0.29) is 12.1 Å². The Morgan fingerprint density at radius 3 is 2.37 bits per heavy atom. The molecule has 1 aliphatic rings. The Labute approximate surface area is 178 Å². The first kappa shape index (κ1) is 21.8. The molecule has 0 radical (unpaired) electrons. The van der Waals surface area contributed by atoms with Crippen LogP contribution in [0, 0.1) is 0 Å². The molecule has 0 aliphatic carbocycles. The summed E-state index contributed by atoms with van der Waals surface area (Å²) in [6.45, 7) is 8.01. The van der Waals surface area contributed by atoms with E-state index >= 15 is 0 Å². The number of hydrogen-bond acceptors (Lipinski definition) is 4. The van der Waals surface area contributed by atoms with Crippen molar-refractivity contribution in [1.82, 2.24) is 9.80 Å². The summed E-state index contributed by atoms with van der Waals surface area (Å²) in [7, 11) is 0. The van der Waals surface area contributed by atoms with E-state index in [1.54, 1.807) is 12.1 Å². The first-order chi connectivity index (χ1) is 14.2. The molecule has 1 amide bonds. The molecule has 0 saturated carbocycles. The number of ether oxygens (including phenoxy) is 1. The Balaban J connectivity index is 1.77. The summed E-state index contributed by atoms with van der Waals surface area (Å²) in [5, 5.41) is 9.48. The molecule has 1 saturated heterocycles. The lowest BCUT2D eigenvalue weighted by Crippen LogP contribution is -2.56. The maximum atomic E-state index is 12.8. The van der Waals surface area contributed by atoms with E-state index in [1.807, 2.05) is 56.0 Å². The standard InChI is InChI=1S/C24H30N2O4/c1-24(2,3)30-23(29)26-14-13-25(16-19-11-7-8-12-21(19)22(27)28)17-20(26)15-18-9-5-4-6-10-18/h4-12,20H,13-17H2,1-3H3,(H,27,28)/t20-/m0/s1. The number of amides is 1. The van der Waals surface area contributed by atoms with E-state index in [1.165, 1.54) is 0 Å². The largest absolute Gasteiger partial charge is 0.478 e. The van der Waals surface area contributed by atoms with E-state index in [4.69, 9.17) is 4.74 Å². The third-order valence-electron chi connectivity index (χ3n) is 5.15. The zero-order valence-corrected chi connectivity index (χ0v) is 17.9. The van der Waals surface area contributed by atoms with E-state index in [2.05, 4.69) is 17.0 Å². The number of nitrogens with zero attached hydrogens (tertiary/aromatic N) is 2. The molecule has 160 valence electrons. The Bertz CT molecular complexity index is 876. The number of hydrogen-bond donors (Lipinski definition) is 1. The Hall–Kier alpha value is -2.86. The van der Waals surface area contributed by atoms with Gasteiger partial charge in [0.05, 0.1) is 11.6 Å². The van der Waals surface area contributed by atoms with Crippen molar-refractivity contribution in [1.29, 1.82) is 0 Å². The van der Waals surface area contributed by atoms with E-state index < -0.39 is 11.6 Å². The third kappa shape index (κ3) is 5.83. The molecule has 3 rings (SSSR count). The van der Waals surface area contributed by atoms with Crippen molar-refractivity contribution in [2.45, 2.75) is 45.4 Å².